The largest absolute Gasteiger partial charge is 0.350 e. The molecule has 0 fully saturated rings. The molecule has 1 heterocycles. The van der Waals surface area contributed by atoms with Crippen LogP contribution in [0.4, 0.5) is 0 Å². The van der Waals surface area contributed by atoms with Gasteiger partial charge in [0, 0.05) is 22.9 Å². The summed E-state index contributed by atoms with van der Waals surface area (Å²) in [6.07, 6.45) is 0.914. The molecule has 3 rings (SSSR count). The summed E-state index contributed by atoms with van der Waals surface area (Å²) < 4.78 is 0. The number of hydrogen-bond donors (Lipinski definition) is 2. The van der Waals surface area contributed by atoms with E-state index in [-0.39, 0.29) is 11.9 Å². The van der Waals surface area contributed by atoms with Crippen molar-refractivity contribution in [2.45, 2.75) is 25.8 Å². The molecule has 6 heteroatoms. The zero-order valence-electron chi connectivity index (χ0n) is 13.1. The van der Waals surface area contributed by atoms with Gasteiger partial charge in [-0.15, -0.1) is 0 Å². The number of aromatic amines is 1. The summed E-state index contributed by atoms with van der Waals surface area (Å²) in [6, 6.07) is 12.9. The number of H-pyrrole nitrogens is 1. The molecule has 0 spiro atoms. The van der Waals surface area contributed by atoms with E-state index in [1.54, 1.807) is 12.1 Å². The number of hydrogen-bond acceptors (Lipinski definition) is 2. The Morgan fingerprint density at radius 2 is 2.04 bits per heavy atom. The molecule has 1 aromatic heterocycles. The van der Waals surface area contributed by atoms with Gasteiger partial charge in [-0.25, -0.2) is 4.98 Å². The molecule has 0 bridgehead atoms. The number of aromatic nitrogens is 2. The molecule has 124 valence electrons. The van der Waals surface area contributed by atoms with E-state index in [4.69, 9.17) is 23.2 Å². The normalized spacial score (nSPS) is 12.3. The third-order valence-electron chi connectivity index (χ3n) is 3.83. The Hall–Kier alpha value is -2.04. The van der Waals surface area contributed by atoms with Crippen LogP contribution in [0.3, 0.4) is 0 Å². The highest BCUT2D eigenvalue weighted by Crippen LogP contribution is 2.26. The number of rotatable bonds is 5. The summed E-state index contributed by atoms with van der Waals surface area (Å²) in [6.45, 7) is 1.90. The molecule has 0 radical (unpaired) electrons. The van der Waals surface area contributed by atoms with Gasteiger partial charge in [0.1, 0.15) is 5.82 Å². The van der Waals surface area contributed by atoms with Gasteiger partial charge in [-0.05, 0) is 36.8 Å². The Labute approximate surface area is 150 Å². The van der Waals surface area contributed by atoms with Crippen molar-refractivity contribution in [3.8, 4) is 0 Å². The van der Waals surface area contributed by atoms with Gasteiger partial charge in [0.25, 0.3) is 0 Å². The highest BCUT2D eigenvalue weighted by Gasteiger charge is 2.13. The average Bonchev–Trinajstić information content (AvgIpc) is 2.95. The van der Waals surface area contributed by atoms with Crippen molar-refractivity contribution in [3.63, 3.8) is 0 Å². The van der Waals surface area contributed by atoms with Crippen LogP contribution in [-0.2, 0) is 11.2 Å². The lowest BCUT2D eigenvalue weighted by Gasteiger charge is -2.15. The van der Waals surface area contributed by atoms with Gasteiger partial charge in [-0.1, -0.05) is 41.4 Å². The fourth-order valence-electron chi connectivity index (χ4n) is 2.60. The van der Waals surface area contributed by atoms with Crippen LogP contribution in [0.25, 0.3) is 11.0 Å². The molecule has 0 saturated heterocycles. The average molecular weight is 362 g/mol. The van der Waals surface area contributed by atoms with Crippen LogP contribution in [0.1, 0.15) is 30.8 Å². The molecule has 0 aliphatic carbocycles. The summed E-state index contributed by atoms with van der Waals surface area (Å²) in [5.74, 6) is 0.762. The molecule has 2 aromatic carbocycles. The smallest absolute Gasteiger partial charge is 0.220 e. The van der Waals surface area contributed by atoms with E-state index in [1.807, 2.05) is 37.3 Å². The van der Waals surface area contributed by atoms with E-state index >= 15 is 0 Å². The first kappa shape index (κ1) is 16.8. The Kier molecular flexibility index (Phi) is 5.07. The predicted octanol–water partition coefficient (Wildman–Crippen LogP) is 4.68. The minimum Gasteiger partial charge on any atom is -0.350 e. The molecule has 0 aliphatic heterocycles. The molecule has 1 atom stereocenters. The van der Waals surface area contributed by atoms with Crippen LogP contribution in [0.15, 0.2) is 42.5 Å². The number of carbonyl (C=O) groups excluding carboxylic acids is 1. The van der Waals surface area contributed by atoms with Crippen molar-refractivity contribution in [1.29, 1.82) is 0 Å². The lowest BCUT2D eigenvalue weighted by atomic mass is 10.1. The van der Waals surface area contributed by atoms with Gasteiger partial charge in [0.15, 0.2) is 0 Å². The van der Waals surface area contributed by atoms with Gasteiger partial charge in [0.05, 0.1) is 17.1 Å². The highest BCUT2D eigenvalue weighted by molar-refractivity contribution is 6.35. The minimum absolute atomic E-state index is 0.0472. The van der Waals surface area contributed by atoms with Crippen LogP contribution in [0.2, 0.25) is 10.0 Å². The Morgan fingerprint density at radius 3 is 2.79 bits per heavy atom. The van der Waals surface area contributed by atoms with E-state index in [9.17, 15) is 4.79 Å². The third-order valence-corrected chi connectivity index (χ3v) is 4.40. The Balaban J connectivity index is 1.58. The van der Waals surface area contributed by atoms with Gasteiger partial charge < -0.3 is 10.3 Å². The first-order chi connectivity index (χ1) is 11.5. The Morgan fingerprint density at radius 1 is 1.25 bits per heavy atom. The van der Waals surface area contributed by atoms with E-state index in [2.05, 4.69) is 15.3 Å². The lowest BCUT2D eigenvalue weighted by Crippen LogP contribution is -2.27. The molecule has 2 N–H and O–H groups in total. The van der Waals surface area contributed by atoms with Gasteiger partial charge >= 0.3 is 0 Å². The summed E-state index contributed by atoms with van der Waals surface area (Å²) in [5, 5.41) is 4.08. The maximum Gasteiger partial charge on any atom is 0.220 e. The molecular weight excluding hydrogens is 345 g/mol. The number of amides is 1. The van der Waals surface area contributed by atoms with Crippen molar-refractivity contribution in [2.75, 3.05) is 0 Å². The molecule has 24 heavy (non-hydrogen) atoms. The quantitative estimate of drug-likeness (QED) is 0.692. The standard InChI is InChI=1S/C18H17Cl2N3O/c1-11(13-7-6-12(19)10-14(13)20)21-18(24)9-8-17-22-15-4-2-3-5-16(15)23-17/h2-7,10-11H,8-9H2,1H3,(H,21,24)(H,22,23). The molecule has 0 aliphatic rings. The number of aryl methyl sites for hydroxylation is 1. The maximum absolute atomic E-state index is 12.2. The summed E-state index contributed by atoms with van der Waals surface area (Å²) in [4.78, 5) is 19.9. The van der Waals surface area contributed by atoms with Crippen molar-refractivity contribution in [1.82, 2.24) is 15.3 Å². The second-order valence-corrected chi connectivity index (χ2v) is 6.50. The number of nitrogens with one attached hydrogen (secondary N) is 2. The highest BCUT2D eigenvalue weighted by atomic mass is 35.5. The second kappa shape index (κ2) is 7.24. The van der Waals surface area contributed by atoms with Crippen LogP contribution in [-0.4, -0.2) is 15.9 Å². The number of imidazole rings is 1. The van der Waals surface area contributed by atoms with E-state index in [0.29, 0.717) is 22.9 Å². The van der Waals surface area contributed by atoms with E-state index in [0.717, 1.165) is 22.4 Å². The molecule has 4 nitrogen and oxygen atoms in total. The zero-order chi connectivity index (χ0) is 17.1. The first-order valence-electron chi connectivity index (χ1n) is 7.71. The second-order valence-electron chi connectivity index (χ2n) is 5.66. The summed E-state index contributed by atoms with van der Waals surface area (Å²) in [5.41, 5.74) is 2.74. The molecule has 3 aromatic rings. The summed E-state index contributed by atoms with van der Waals surface area (Å²) in [7, 11) is 0. The number of benzene rings is 2. The molecule has 0 saturated carbocycles. The first-order valence-corrected chi connectivity index (χ1v) is 8.46. The number of fused-ring (bicyclic) bond motifs is 1. The van der Waals surface area contributed by atoms with Crippen molar-refractivity contribution >= 4 is 40.1 Å². The number of carbonyl (C=O) groups is 1. The SMILES string of the molecule is CC(NC(=O)CCc1nc2ccccc2[nH]1)c1ccc(Cl)cc1Cl. The number of halogens is 2. The predicted molar refractivity (Wildman–Crippen MR) is 97.4 cm³/mol. The zero-order valence-corrected chi connectivity index (χ0v) is 14.7. The molecule has 1 unspecified atom stereocenters. The van der Waals surface area contributed by atoms with E-state index < -0.39 is 0 Å². The number of nitrogens with zero attached hydrogens (tertiary/aromatic N) is 1. The van der Waals surface area contributed by atoms with Crippen LogP contribution >= 0.6 is 23.2 Å². The Bertz CT molecular complexity index is 843. The third kappa shape index (κ3) is 3.89. The molecular formula is C18H17Cl2N3O. The van der Waals surface area contributed by atoms with Gasteiger partial charge in [0.2, 0.25) is 5.91 Å². The van der Waals surface area contributed by atoms with Gasteiger partial charge in [-0.2, -0.15) is 0 Å². The van der Waals surface area contributed by atoms with Crippen LogP contribution in [0.5, 0.6) is 0 Å². The fourth-order valence-corrected chi connectivity index (χ4v) is 3.17. The monoisotopic (exact) mass is 361 g/mol. The topological polar surface area (TPSA) is 57.8 Å². The van der Waals surface area contributed by atoms with Crippen LogP contribution < -0.4 is 5.32 Å². The van der Waals surface area contributed by atoms with Crippen LogP contribution in [0, 0.1) is 0 Å². The minimum atomic E-state index is -0.182. The van der Waals surface area contributed by atoms with E-state index in [1.165, 1.54) is 0 Å². The number of para-hydroxylation sites is 2. The van der Waals surface area contributed by atoms with Crippen molar-refractivity contribution < 1.29 is 4.79 Å². The molecule has 1 amide bonds. The lowest BCUT2D eigenvalue weighted by molar-refractivity contribution is -0.121. The fraction of sp³-hybridized carbons (Fsp3) is 0.222. The summed E-state index contributed by atoms with van der Waals surface area (Å²) >= 11 is 12.1. The van der Waals surface area contributed by atoms with Crippen molar-refractivity contribution in [2.24, 2.45) is 0 Å². The van der Waals surface area contributed by atoms with Crippen molar-refractivity contribution in [3.05, 3.63) is 63.9 Å². The van der Waals surface area contributed by atoms with Gasteiger partial charge in [-0.3, -0.25) is 4.79 Å². The maximum atomic E-state index is 12.2.